The highest BCUT2D eigenvalue weighted by Gasteiger charge is 2.28. The van der Waals surface area contributed by atoms with E-state index in [2.05, 4.69) is 9.78 Å². The molecule has 1 aromatic carbocycles. The van der Waals surface area contributed by atoms with Gasteiger partial charge in [-0.1, -0.05) is 6.07 Å². The second kappa shape index (κ2) is 8.93. The van der Waals surface area contributed by atoms with Crippen molar-refractivity contribution in [3.05, 3.63) is 23.8 Å². The summed E-state index contributed by atoms with van der Waals surface area (Å²) in [6.07, 6.45) is 2.33. The van der Waals surface area contributed by atoms with Gasteiger partial charge in [-0.25, -0.2) is 19.4 Å². The first-order valence-corrected chi connectivity index (χ1v) is 9.15. The highest BCUT2D eigenvalue weighted by Crippen LogP contribution is 2.35. The van der Waals surface area contributed by atoms with Gasteiger partial charge in [0.15, 0.2) is 11.5 Å². The van der Waals surface area contributed by atoms with Crippen LogP contribution in [0.4, 0.5) is 0 Å². The van der Waals surface area contributed by atoms with E-state index in [-0.39, 0.29) is 6.79 Å². The molecule has 0 spiro atoms. The lowest BCUT2D eigenvalue weighted by Crippen LogP contribution is -2.35. The first-order valence-electron chi connectivity index (χ1n) is 7.76. The van der Waals surface area contributed by atoms with E-state index < -0.39 is 29.9 Å². The van der Waals surface area contributed by atoms with Crippen LogP contribution in [0.1, 0.15) is 24.9 Å². The largest absolute Gasteiger partial charge is 0.454 e. The number of nitrogens with two attached hydrogens (primary N) is 2. The van der Waals surface area contributed by atoms with Crippen LogP contribution >= 0.6 is 11.8 Å². The maximum Gasteiger partial charge on any atom is 0.372 e. The van der Waals surface area contributed by atoms with Crippen molar-refractivity contribution in [2.24, 2.45) is 17.4 Å². The van der Waals surface area contributed by atoms with Gasteiger partial charge in [0.1, 0.15) is 6.04 Å². The number of hydrogen-bond acceptors (Lipinski definition) is 9. The minimum absolute atomic E-state index is 0.151. The van der Waals surface area contributed by atoms with Gasteiger partial charge in [0.25, 0.3) is 0 Å². The van der Waals surface area contributed by atoms with Gasteiger partial charge in [-0.3, -0.25) is 0 Å². The molecular formula is C16H22N2O6S. The molecule has 1 aliphatic rings. The molecule has 3 unspecified atom stereocenters. The molecule has 0 bridgehead atoms. The highest BCUT2D eigenvalue weighted by atomic mass is 32.2. The summed E-state index contributed by atoms with van der Waals surface area (Å²) in [6, 6.07) is 3.68. The Balaban J connectivity index is 1.87. The van der Waals surface area contributed by atoms with E-state index in [0.717, 1.165) is 0 Å². The summed E-state index contributed by atoms with van der Waals surface area (Å²) in [5.74, 6) is -0.383. The van der Waals surface area contributed by atoms with Gasteiger partial charge in [0.2, 0.25) is 6.79 Å². The molecule has 2 rings (SSSR count). The van der Waals surface area contributed by atoms with Gasteiger partial charge in [0.05, 0.1) is 5.92 Å². The summed E-state index contributed by atoms with van der Waals surface area (Å²) in [7, 11) is 0. The SMILES string of the molecule is CSCCC(N)C(=O)OOC(=O)C(C)C(N)c1ccc2c(c1)OCO2. The lowest BCUT2D eigenvalue weighted by molar-refractivity contribution is -0.263. The van der Waals surface area contributed by atoms with Gasteiger partial charge in [-0.05, 0) is 43.0 Å². The first kappa shape index (κ1) is 19.4. The zero-order valence-electron chi connectivity index (χ0n) is 14.1. The Kier molecular flexibility index (Phi) is 6.91. The third-order valence-electron chi connectivity index (χ3n) is 3.83. The minimum atomic E-state index is -0.835. The molecule has 1 aromatic rings. The average molecular weight is 370 g/mol. The van der Waals surface area contributed by atoms with Crippen LogP contribution in [-0.4, -0.2) is 36.8 Å². The molecule has 0 saturated carbocycles. The Bertz CT molecular complexity index is 627. The molecule has 0 radical (unpaired) electrons. The van der Waals surface area contributed by atoms with E-state index in [0.29, 0.717) is 29.2 Å². The predicted octanol–water partition coefficient (Wildman–Crippen LogP) is 1.13. The van der Waals surface area contributed by atoms with Crippen molar-refractivity contribution in [1.29, 1.82) is 0 Å². The highest BCUT2D eigenvalue weighted by molar-refractivity contribution is 7.98. The molecule has 3 atom stereocenters. The molecule has 9 heteroatoms. The van der Waals surface area contributed by atoms with E-state index in [1.54, 1.807) is 36.9 Å². The summed E-state index contributed by atoms with van der Waals surface area (Å²) in [5.41, 5.74) is 12.4. The van der Waals surface area contributed by atoms with Crippen molar-refractivity contribution in [3.63, 3.8) is 0 Å². The average Bonchev–Trinajstić information content (AvgIpc) is 3.10. The van der Waals surface area contributed by atoms with E-state index in [1.165, 1.54) is 0 Å². The van der Waals surface area contributed by atoms with Crippen LogP contribution in [0.2, 0.25) is 0 Å². The molecule has 8 nitrogen and oxygen atoms in total. The molecule has 1 heterocycles. The van der Waals surface area contributed by atoms with Gasteiger partial charge < -0.3 is 20.9 Å². The Morgan fingerprint density at radius 3 is 2.60 bits per heavy atom. The van der Waals surface area contributed by atoms with Crippen molar-refractivity contribution in [3.8, 4) is 11.5 Å². The zero-order chi connectivity index (χ0) is 18.4. The Labute approximate surface area is 150 Å². The summed E-state index contributed by atoms with van der Waals surface area (Å²) in [5, 5.41) is 0. The summed E-state index contributed by atoms with van der Waals surface area (Å²) in [4.78, 5) is 32.8. The molecule has 1 aliphatic heterocycles. The monoisotopic (exact) mass is 370 g/mol. The molecule has 0 aromatic heterocycles. The molecule has 0 aliphatic carbocycles. The lowest BCUT2D eigenvalue weighted by Gasteiger charge is -2.18. The van der Waals surface area contributed by atoms with Crippen LogP contribution in [0.15, 0.2) is 18.2 Å². The topological polar surface area (TPSA) is 123 Å². The van der Waals surface area contributed by atoms with Crippen LogP contribution in [0.3, 0.4) is 0 Å². The summed E-state index contributed by atoms with van der Waals surface area (Å²) >= 11 is 1.56. The second-order valence-corrected chi connectivity index (χ2v) is 6.61. The minimum Gasteiger partial charge on any atom is -0.454 e. The number of rotatable bonds is 7. The summed E-state index contributed by atoms with van der Waals surface area (Å²) < 4.78 is 10.5. The first-order chi connectivity index (χ1) is 11.9. The fraction of sp³-hybridized carbons (Fsp3) is 0.500. The molecule has 0 saturated heterocycles. The van der Waals surface area contributed by atoms with E-state index in [4.69, 9.17) is 20.9 Å². The standard InChI is InChI=1S/C16H22N2O6S/c1-9(15(19)23-24-16(20)11(17)5-6-25-2)14(18)10-3-4-12-13(7-10)22-8-21-12/h3-4,7,9,11,14H,5-6,8,17-18H2,1-2H3. The fourth-order valence-corrected chi connectivity index (χ4v) is 2.63. The van der Waals surface area contributed by atoms with Gasteiger partial charge >= 0.3 is 11.9 Å². The number of ether oxygens (including phenoxy) is 2. The Morgan fingerprint density at radius 1 is 1.20 bits per heavy atom. The molecule has 0 amide bonds. The van der Waals surface area contributed by atoms with Crippen molar-refractivity contribution >= 4 is 23.7 Å². The molecule has 138 valence electrons. The number of carbonyl (C=O) groups is 2. The van der Waals surface area contributed by atoms with E-state index >= 15 is 0 Å². The number of fused-ring (bicyclic) bond motifs is 1. The Morgan fingerprint density at radius 2 is 1.88 bits per heavy atom. The molecule has 25 heavy (non-hydrogen) atoms. The van der Waals surface area contributed by atoms with Crippen LogP contribution in [0, 0.1) is 5.92 Å². The van der Waals surface area contributed by atoms with Crippen molar-refractivity contribution in [1.82, 2.24) is 0 Å². The number of benzene rings is 1. The van der Waals surface area contributed by atoms with Crippen molar-refractivity contribution in [2.75, 3.05) is 18.8 Å². The number of carbonyl (C=O) groups excluding carboxylic acids is 2. The summed E-state index contributed by atoms with van der Waals surface area (Å²) in [6.45, 7) is 1.73. The molecule has 4 N–H and O–H groups in total. The predicted molar refractivity (Wildman–Crippen MR) is 91.8 cm³/mol. The van der Waals surface area contributed by atoms with Crippen LogP contribution in [0.25, 0.3) is 0 Å². The molecular weight excluding hydrogens is 348 g/mol. The van der Waals surface area contributed by atoms with E-state index in [9.17, 15) is 9.59 Å². The van der Waals surface area contributed by atoms with Crippen LogP contribution in [-0.2, 0) is 19.4 Å². The second-order valence-electron chi connectivity index (χ2n) is 5.62. The normalized spacial score (nSPS) is 16.0. The van der Waals surface area contributed by atoms with Crippen LogP contribution in [0.5, 0.6) is 11.5 Å². The van der Waals surface area contributed by atoms with Gasteiger partial charge in [-0.2, -0.15) is 11.8 Å². The number of hydrogen-bond donors (Lipinski definition) is 2. The quantitative estimate of drug-likeness (QED) is 0.537. The zero-order valence-corrected chi connectivity index (χ0v) is 14.9. The Hall–Kier alpha value is -1.97. The number of thioether (sulfide) groups is 1. The maximum absolute atomic E-state index is 12.1. The van der Waals surface area contributed by atoms with E-state index in [1.807, 2.05) is 6.26 Å². The van der Waals surface area contributed by atoms with Crippen LogP contribution < -0.4 is 20.9 Å². The lowest BCUT2D eigenvalue weighted by atomic mass is 9.95. The van der Waals surface area contributed by atoms with Gasteiger partial charge in [0, 0.05) is 6.04 Å². The molecule has 0 fully saturated rings. The maximum atomic E-state index is 12.1. The fourth-order valence-electron chi connectivity index (χ4n) is 2.14. The third-order valence-corrected chi connectivity index (χ3v) is 4.48. The third kappa shape index (κ3) is 5.00. The van der Waals surface area contributed by atoms with Crippen molar-refractivity contribution < 1.29 is 28.8 Å². The van der Waals surface area contributed by atoms with Crippen molar-refractivity contribution in [2.45, 2.75) is 25.4 Å². The van der Waals surface area contributed by atoms with Gasteiger partial charge in [-0.15, -0.1) is 0 Å². The smallest absolute Gasteiger partial charge is 0.372 e.